The van der Waals surface area contributed by atoms with Gasteiger partial charge in [-0.25, -0.2) is 9.78 Å². The molecule has 0 spiro atoms. The predicted octanol–water partition coefficient (Wildman–Crippen LogP) is 1.58. The van der Waals surface area contributed by atoms with Crippen LogP contribution < -0.4 is 0 Å². The Hall–Kier alpha value is -0.980. The minimum atomic E-state index is -1.10. The van der Waals surface area contributed by atoms with Crippen molar-refractivity contribution >= 4 is 17.3 Å². The Bertz CT molecular complexity index is 383. The Labute approximate surface area is 104 Å². The van der Waals surface area contributed by atoms with Crippen molar-refractivity contribution in [2.45, 2.75) is 32.3 Å². The van der Waals surface area contributed by atoms with Gasteiger partial charge in [0.15, 0.2) is 6.10 Å². The summed E-state index contributed by atoms with van der Waals surface area (Å²) in [5.41, 5.74) is 0.282. The average molecular weight is 259 g/mol. The summed E-state index contributed by atoms with van der Waals surface area (Å²) < 4.78 is 5.06. The predicted molar refractivity (Wildman–Crippen MR) is 64.2 cm³/mol. The molecule has 0 saturated heterocycles. The van der Waals surface area contributed by atoms with E-state index in [1.807, 2.05) is 20.8 Å². The second-order valence-electron chi connectivity index (χ2n) is 4.64. The zero-order valence-electron chi connectivity index (χ0n) is 10.1. The first-order valence-electron chi connectivity index (χ1n) is 5.27. The van der Waals surface area contributed by atoms with Crippen molar-refractivity contribution in [3.8, 4) is 0 Å². The molecule has 1 heterocycles. The fourth-order valence-electron chi connectivity index (χ4n) is 1.20. The molecule has 0 saturated carbocycles. The third kappa shape index (κ3) is 3.76. The highest BCUT2D eigenvalue weighted by molar-refractivity contribution is 7.09. The van der Waals surface area contributed by atoms with Gasteiger partial charge in [-0.15, -0.1) is 11.3 Å². The second-order valence-corrected chi connectivity index (χ2v) is 5.50. The lowest BCUT2D eigenvalue weighted by atomic mass is 9.98. The standard InChI is InChI=1S/C11H17NO4S/c1-11(2,3)10-12-7(6-17-10)8(9(14)15)16-5-4-13/h6,8,13H,4-5H2,1-3H3,(H,14,15). The van der Waals surface area contributed by atoms with E-state index in [1.165, 1.54) is 11.3 Å². The van der Waals surface area contributed by atoms with E-state index in [4.69, 9.17) is 14.9 Å². The first-order valence-corrected chi connectivity index (χ1v) is 6.15. The van der Waals surface area contributed by atoms with Crippen molar-refractivity contribution in [1.82, 2.24) is 4.98 Å². The van der Waals surface area contributed by atoms with Crippen LogP contribution in [-0.2, 0) is 14.9 Å². The van der Waals surface area contributed by atoms with Gasteiger partial charge in [-0.1, -0.05) is 20.8 Å². The fourth-order valence-corrected chi connectivity index (χ4v) is 2.13. The number of carboxylic acids is 1. The third-order valence-corrected chi connectivity index (χ3v) is 3.32. The van der Waals surface area contributed by atoms with Crippen LogP contribution in [0.1, 0.15) is 37.6 Å². The van der Waals surface area contributed by atoms with E-state index in [2.05, 4.69) is 4.98 Å². The molecule has 0 aromatic carbocycles. The number of aromatic nitrogens is 1. The lowest BCUT2D eigenvalue weighted by molar-refractivity contribution is -0.151. The monoisotopic (exact) mass is 259 g/mol. The highest BCUT2D eigenvalue weighted by Gasteiger charge is 2.26. The van der Waals surface area contributed by atoms with Gasteiger partial charge in [0.1, 0.15) is 0 Å². The SMILES string of the molecule is CC(C)(C)c1nc(C(OCCO)C(=O)O)cs1. The molecule has 2 N–H and O–H groups in total. The number of rotatable bonds is 5. The summed E-state index contributed by atoms with van der Waals surface area (Å²) in [4.78, 5) is 15.3. The van der Waals surface area contributed by atoms with Crippen molar-refractivity contribution < 1.29 is 19.7 Å². The van der Waals surface area contributed by atoms with Gasteiger partial charge >= 0.3 is 5.97 Å². The van der Waals surface area contributed by atoms with Gasteiger partial charge in [0, 0.05) is 10.8 Å². The number of thiazole rings is 1. The Morgan fingerprint density at radius 2 is 2.24 bits per heavy atom. The van der Waals surface area contributed by atoms with Crippen LogP contribution in [0.3, 0.4) is 0 Å². The van der Waals surface area contributed by atoms with E-state index >= 15 is 0 Å². The number of hydrogen-bond donors (Lipinski definition) is 2. The van der Waals surface area contributed by atoms with E-state index in [0.717, 1.165) is 5.01 Å². The summed E-state index contributed by atoms with van der Waals surface area (Å²) >= 11 is 1.42. The Morgan fingerprint density at radius 3 is 2.65 bits per heavy atom. The van der Waals surface area contributed by atoms with Crippen LogP contribution in [0.2, 0.25) is 0 Å². The fraction of sp³-hybridized carbons (Fsp3) is 0.636. The maximum Gasteiger partial charge on any atom is 0.339 e. The molecular weight excluding hydrogens is 242 g/mol. The Balaban J connectivity index is 2.88. The van der Waals surface area contributed by atoms with Crippen LogP contribution in [0.4, 0.5) is 0 Å². The molecule has 0 amide bonds. The molecule has 0 bridgehead atoms. The van der Waals surface area contributed by atoms with Gasteiger partial charge in [0.05, 0.1) is 23.9 Å². The molecule has 6 heteroatoms. The van der Waals surface area contributed by atoms with Gasteiger partial charge in [-0.2, -0.15) is 0 Å². The van der Waals surface area contributed by atoms with Crippen LogP contribution in [0.5, 0.6) is 0 Å². The second kappa shape index (κ2) is 5.57. The van der Waals surface area contributed by atoms with E-state index in [1.54, 1.807) is 5.38 Å². The first-order chi connectivity index (χ1) is 7.86. The summed E-state index contributed by atoms with van der Waals surface area (Å²) in [5.74, 6) is -1.09. The number of aliphatic carboxylic acids is 1. The minimum absolute atomic E-state index is 0.0145. The molecule has 0 aliphatic carbocycles. The first kappa shape index (κ1) is 14.1. The third-order valence-electron chi connectivity index (χ3n) is 2.03. The highest BCUT2D eigenvalue weighted by Crippen LogP contribution is 2.28. The smallest absolute Gasteiger partial charge is 0.339 e. The largest absolute Gasteiger partial charge is 0.479 e. The van der Waals surface area contributed by atoms with E-state index in [9.17, 15) is 4.79 Å². The number of carbonyl (C=O) groups is 1. The molecule has 0 radical (unpaired) electrons. The summed E-state index contributed by atoms with van der Waals surface area (Å²) in [5, 5.41) is 20.2. The van der Waals surface area contributed by atoms with Crippen LogP contribution in [-0.4, -0.2) is 34.4 Å². The quantitative estimate of drug-likeness (QED) is 0.839. The number of hydrogen-bond acceptors (Lipinski definition) is 5. The molecule has 1 rings (SSSR count). The molecule has 17 heavy (non-hydrogen) atoms. The van der Waals surface area contributed by atoms with Crippen molar-refractivity contribution in [1.29, 1.82) is 0 Å². The van der Waals surface area contributed by atoms with E-state index < -0.39 is 12.1 Å². The van der Waals surface area contributed by atoms with Gasteiger partial charge in [0.25, 0.3) is 0 Å². The van der Waals surface area contributed by atoms with Gasteiger partial charge in [-0.05, 0) is 0 Å². The van der Waals surface area contributed by atoms with Crippen molar-refractivity contribution in [2.75, 3.05) is 13.2 Å². The molecule has 5 nitrogen and oxygen atoms in total. The number of carboxylic acid groups (broad SMARTS) is 1. The molecular formula is C11H17NO4S. The Kier molecular flexibility index (Phi) is 4.62. The number of ether oxygens (including phenoxy) is 1. The maximum absolute atomic E-state index is 11.0. The summed E-state index contributed by atoms with van der Waals surface area (Å²) in [7, 11) is 0. The lowest BCUT2D eigenvalue weighted by Crippen LogP contribution is -2.18. The molecule has 1 aromatic rings. The van der Waals surface area contributed by atoms with Gasteiger partial charge in [0.2, 0.25) is 0 Å². The van der Waals surface area contributed by atoms with Crippen LogP contribution in [0.25, 0.3) is 0 Å². The van der Waals surface area contributed by atoms with E-state index in [0.29, 0.717) is 5.69 Å². The molecule has 0 aliphatic heterocycles. The van der Waals surface area contributed by atoms with Crippen LogP contribution in [0, 0.1) is 0 Å². The highest BCUT2D eigenvalue weighted by atomic mass is 32.1. The molecule has 1 atom stereocenters. The van der Waals surface area contributed by atoms with Crippen LogP contribution >= 0.6 is 11.3 Å². The Morgan fingerprint density at radius 1 is 1.59 bits per heavy atom. The summed E-state index contributed by atoms with van der Waals surface area (Å²) in [6.07, 6.45) is -1.10. The topological polar surface area (TPSA) is 79.7 Å². The summed E-state index contributed by atoms with van der Waals surface area (Å²) in [6, 6.07) is 0. The zero-order valence-corrected chi connectivity index (χ0v) is 11.0. The molecule has 1 aromatic heterocycles. The number of aliphatic hydroxyl groups is 1. The number of aliphatic hydroxyl groups excluding tert-OH is 1. The maximum atomic E-state index is 11.0. The van der Waals surface area contributed by atoms with Crippen molar-refractivity contribution in [2.24, 2.45) is 0 Å². The van der Waals surface area contributed by atoms with Gasteiger partial charge < -0.3 is 14.9 Å². The molecule has 0 aliphatic rings. The minimum Gasteiger partial charge on any atom is -0.479 e. The molecule has 96 valence electrons. The lowest BCUT2D eigenvalue weighted by Gasteiger charge is -2.14. The zero-order chi connectivity index (χ0) is 13.1. The average Bonchev–Trinajstić information content (AvgIpc) is 2.66. The molecule has 0 fully saturated rings. The van der Waals surface area contributed by atoms with Crippen molar-refractivity contribution in [3.05, 3.63) is 16.1 Å². The van der Waals surface area contributed by atoms with E-state index in [-0.39, 0.29) is 18.6 Å². The van der Waals surface area contributed by atoms with Gasteiger partial charge in [-0.3, -0.25) is 0 Å². The normalized spacial score (nSPS) is 13.6. The number of nitrogens with zero attached hydrogens (tertiary/aromatic N) is 1. The van der Waals surface area contributed by atoms with Crippen molar-refractivity contribution in [3.63, 3.8) is 0 Å². The summed E-state index contributed by atoms with van der Waals surface area (Å²) in [6.45, 7) is 5.82. The van der Waals surface area contributed by atoms with Crippen LogP contribution in [0.15, 0.2) is 5.38 Å². The molecule has 1 unspecified atom stereocenters.